The van der Waals surface area contributed by atoms with Crippen LogP contribution in [0.1, 0.15) is 43.2 Å². The number of carbonyl (C=O) groups is 1. The second-order valence-electron chi connectivity index (χ2n) is 7.09. The molecule has 8 heteroatoms. The third-order valence-corrected chi connectivity index (χ3v) is 4.58. The lowest BCUT2D eigenvalue weighted by atomic mass is 10.0. The highest BCUT2D eigenvalue weighted by atomic mass is 16.6. The Morgan fingerprint density at radius 3 is 2.59 bits per heavy atom. The van der Waals surface area contributed by atoms with Gasteiger partial charge in [-0.15, -0.1) is 0 Å². The first kappa shape index (κ1) is 20.2. The van der Waals surface area contributed by atoms with Gasteiger partial charge >= 0.3 is 0 Å². The molecule has 0 atom stereocenters. The van der Waals surface area contributed by atoms with E-state index in [9.17, 15) is 14.9 Å². The first-order chi connectivity index (χ1) is 13.8. The summed E-state index contributed by atoms with van der Waals surface area (Å²) in [6, 6.07) is 12.3. The van der Waals surface area contributed by atoms with Crippen molar-refractivity contribution in [3.8, 4) is 11.4 Å². The van der Waals surface area contributed by atoms with Crippen molar-refractivity contribution < 1.29 is 14.2 Å². The van der Waals surface area contributed by atoms with Crippen LogP contribution in [0.25, 0.3) is 11.4 Å². The largest absolute Gasteiger partial charge is 0.339 e. The average molecular weight is 394 g/mol. The number of hydrogen-bond acceptors (Lipinski definition) is 6. The number of nitro groups is 1. The van der Waals surface area contributed by atoms with Crippen LogP contribution in [-0.4, -0.2) is 21.0 Å². The highest BCUT2D eigenvalue weighted by molar-refractivity contribution is 5.91. The number of nitrogens with one attached hydrogen (secondary N) is 1. The summed E-state index contributed by atoms with van der Waals surface area (Å²) in [5, 5.41) is 17.6. The van der Waals surface area contributed by atoms with Crippen molar-refractivity contribution in [2.45, 2.75) is 39.5 Å². The molecule has 8 nitrogen and oxygen atoms in total. The van der Waals surface area contributed by atoms with Crippen LogP contribution in [0.5, 0.6) is 0 Å². The molecule has 0 bridgehead atoms. The van der Waals surface area contributed by atoms with E-state index in [1.807, 2.05) is 24.3 Å². The number of nitro benzene ring substituents is 1. The van der Waals surface area contributed by atoms with Gasteiger partial charge in [0.1, 0.15) is 0 Å². The SMILES string of the molecule is Cc1ccc([N+](=O)[O-])cc1NC(=O)CCc1nc(-c2ccc(C(C)C)cc2)no1. The van der Waals surface area contributed by atoms with E-state index in [1.54, 1.807) is 13.0 Å². The van der Waals surface area contributed by atoms with Crippen molar-refractivity contribution in [3.63, 3.8) is 0 Å². The molecule has 0 spiro atoms. The van der Waals surface area contributed by atoms with Crippen LogP contribution in [-0.2, 0) is 11.2 Å². The van der Waals surface area contributed by atoms with Gasteiger partial charge in [-0.1, -0.05) is 49.3 Å². The Morgan fingerprint density at radius 1 is 1.21 bits per heavy atom. The molecule has 0 aliphatic carbocycles. The molecule has 1 heterocycles. The summed E-state index contributed by atoms with van der Waals surface area (Å²) in [4.78, 5) is 27.0. The lowest BCUT2D eigenvalue weighted by Crippen LogP contribution is -2.13. The summed E-state index contributed by atoms with van der Waals surface area (Å²) in [6.07, 6.45) is 0.396. The molecule has 3 aromatic rings. The van der Waals surface area contributed by atoms with Crippen LogP contribution in [0.2, 0.25) is 0 Å². The Bertz CT molecular complexity index is 1030. The molecule has 0 saturated carbocycles. The van der Waals surface area contributed by atoms with Gasteiger partial charge in [0.25, 0.3) is 5.69 Å². The predicted molar refractivity (Wildman–Crippen MR) is 109 cm³/mol. The molecule has 0 fully saturated rings. The van der Waals surface area contributed by atoms with Gasteiger partial charge < -0.3 is 9.84 Å². The van der Waals surface area contributed by atoms with Crippen LogP contribution < -0.4 is 5.32 Å². The van der Waals surface area contributed by atoms with E-state index in [0.717, 1.165) is 11.1 Å². The Labute approximate surface area is 168 Å². The number of rotatable bonds is 7. The van der Waals surface area contributed by atoms with E-state index in [-0.39, 0.29) is 24.4 Å². The number of nitrogens with zero attached hydrogens (tertiary/aromatic N) is 3. The van der Waals surface area contributed by atoms with E-state index in [0.29, 0.717) is 23.3 Å². The minimum Gasteiger partial charge on any atom is -0.339 e. The molecule has 1 N–H and O–H groups in total. The minimum absolute atomic E-state index is 0.0732. The summed E-state index contributed by atoms with van der Waals surface area (Å²) < 4.78 is 5.24. The van der Waals surface area contributed by atoms with Crippen molar-refractivity contribution in [3.05, 3.63) is 69.6 Å². The maximum absolute atomic E-state index is 12.2. The zero-order chi connectivity index (χ0) is 21.0. The normalized spacial score (nSPS) is 10.9. The number of anilines is 1. The smallest absolute Gasteiger partial charge is 0.271 e. The first-order valence-electron chi connectivity index (χ1n) is 9.31. The van der Waals surface area contributed by atoms with Crippen molar-refractivity contribution >= 4 is 17.3 Å². The lowest BCUT2D eigenvalue weighted by Gasteiger charge is -2.07. The van der Waals surface area contributed by atoms with Crippen LogP contribution in [0, 0.1) is 17.0 Å². The van der Waals surface area contributed by atoms with Gasteiger partial charge in [-0.25, -0.2) is 0 Å². The van der Waals surface area contributed by atoms with Gasteiger partial charge in [-0.3, -0.25) is 14.9 Å². The molecule has 150 valence electrons. The number of carbonyl (C=O) groups excluding carboxylic acids is 1. The standard InChI is InChI=1S/C21H22N4O4/c1-13(2)15-5-7-16(8-6-15)21-23-20(29-24-21)11-10-19(26)22-18-12-17(25(27)28)9-4-14(18)3/h4-9,12-13H,10-11H2,1-3H3,(H,22,26). The molecular formula is C21H22N4O4. The molecular weight excluding hydrogens is 372 g/mol. The van der Waals surface area contributed by atoms with E-state index < -0.39 is 4.92 Å². The Morgan fingerprint density at radius 2 is 1.93 bits per heavy atom. The monoisotopic (exact) mass is 394 g/mol. The minimum atomic E-state index is -0.497. The maximum Gasteiger partial charge on any atom is 0.271 e. The molecule has 0 radical (unpaired) electrons. The highest BCUT2D eigenvalue weighted by Gasteiger charge is 2.14. The molecule has 1 aromatic heterocycles. The number of amides is 1. The van der Waals surface area contributed by atoms with Crippen molar-refractivity contribution in [2.75, 3.05) is 5.32 Å². The van der Waals surface area contributed by atoms with Crippen LogP contribution in [0.15, 0.2) is 47.0 Å². The second kappa shape index (κ2) is 8.64. The van der Waals surface area contributed by atoms with Gasteiger partial charge in [-0.05, 0) is 24.0 Å². The summed E-state index contributed by atoms with van der Waals surface area (Å²) in [5.41, 5.74) is 3.16. The van der Waals surface area contributed by atoms with Crippen LogP contribution in [0.3, 0.4) is 0 Å². The number of aromatic nitrogens is 2. The molecule has 0 unspecified atom stereocenters. The van der Waals surface area contributed by atoms with E-state index in [1.165, 1.54) is 17.7 Å². The quantitative estimate of drug-likeness (QED) is 0.461. The predicted octanol–water partition coefficient (Wildman–Crippen LogP) is 4.65. The van der Waals surface area contributed by atoms with Crippen molar-refractivity contribution in [1.82, 2.24) is 10.1 Å². The lowest BCUT2D eigenvalue weighted by molar-refractivity contribution is -0.384. The molecule has 29 heavy (non-hydrogen) atoms. The molecule has 0 aliphatic heterocycles. The number of non-ortho nitro benzene ring substituents is 1. The average Bonchev–Trinajstić information content (AvgIpc) is 3.17. The fourth-order valence-corrected chi connectivity index (χ4v) is 2.78. The zero-order valence-electron chi connectivity index (χ0n) is 16.5. The van der Waals surface area contributed by atoms with Gasteiger partial charge in [-0.2, -0.15) is 4.98 Å². The summed E-state index contributed by atoms with van der Waals surface area (Å²) in [6.45, 7) is 6.03. The van der Waals surface area contributed by atoms with Crippen LogP contribution in [0.4, 0.5) is 11.4 Å². The third-order valence-electron chi connectivity index (χ3n) is 4.58. The number of benzene rings is 2. The van der Waals surface area contributed by atoms with E-state index in [4.69, 9.17) is 4.52 Å². The Hall–Kier alpha value is -3.55. The molecule has 0 aliphatic rings. The summed E-state index contributed by atoms with van der Waals surface area (Å²) in [7, 11) is 0. The van der Waals surface area contributed by atoms with E-state index in [2.05, 4.69) is 29.3 Å². The molecule has 2 aromatic carbocycles. The Balaban J connectivity index is 1.60. The van der Waals surface area contributed by atoms with E-state index >= 15 is 0 Å². The molecule has 1 amide bonds. The number of hydrogen-bond donors (Lipinski definition) is 1. The molecule has 3 rings (SSSR count). The Kier molecular flexibility index (Phi) is 6.01. The zero-order valence-corrected chi connectivity index (χ0v) is 16.5. The van der Waals surface area contributed by atoms with Gasteiger partial charge in [0.05, 0.1) is 10.6 Å². The maximum atomic E-state index is 12.2. The second-order valence-corrected chi connectivity index (χ2v) is 7.09. The third kappa shape index (κ3) is 5.04. The fraction of sp³-hybridized carbons (Fsp3) is 0.286. The van der Waals surface area contributed by atoms with Gasteiger partial charge in [0, 0.05) is 30.5 Å². The van der Waals surface area contributed by atoms with Gasteiger partial charge in [0.15, 0.2) is 0 Å². The summed E-state index contributed by atoms with van der Waals surface area (Å²) in [5.74, 6) is 0.997. The fourth-order valence-electron chi connectivity index (χ4n) is 2.78. The topological polar surface area (TPSA) is 111 Å². The van der Waals surface area contributed by atoms with Crippen LogP contribution >= 0.6 is 0 Å². The summed E-state index contributed by atoms with van der Waals surface area (Å²) >= 11 is 0. The highest BCUT2D eigenvalue weighted by Crippen LogP contribution is 2.23. The number of aryl methyl sites for hydroxylation is 2. The van der Waals surface area contributed by atoms with Gasteiger partial charge in [0.2, 0.25) is 17.6 Å². The first-order valence-corrected chi connectivity index (χ1v) is 9.31. The van der Waals surface area contributed by atoms with Crippen molar-refractivity contribution in [2.24, 2.45) is 0 Å². The van der Waals surface area contributed by atoms with Crippen molar-refractivity contribution in [1.29, 1.82) is 0 Å². The molecule has 0 saturated heterocycles.